The fourth-order valence-corrected chi connectivity index (χ4v) is 1.57. The molecule has 1 unspecified atom stereocenters. The van der Waals surface area contributed by atoms with Gasteiger partial charge in [-0.25, -0.2) is 0 Å². The number of Topliss-reactive ketones (excluding diaryl/α,β-unsaturated/α-hetero) is 1. The molecule has 0 amide bonds. The molecule has 0 aliphatic carbocycles. The third kappa shape index (κ3) is 2.41. The van der Waals surface area contributed by atoms with Crippen LogP contribution in [0.15, 0.2) is 6.20 Å². The van der Waals surface area contributed by atoms with E-state index in [1.165, 1.54) is 13.3 Å². The summed E-state index contributed by atoms with van der Waals surface area (Å²) in [5, 5.41) is 13.7. The molecule has 0 fully saturated rings. The van der Waals surface area contributed by atoms with Crippen LogP contribution in [0.1, 0.15) is 37.2 Å². The third-order valence-electron chi connectivity index (χ3n) is 2.42. The largest absolute Gasteiger partial charge is 0.493 e. The summed E-state index contributed by atoms with van der Waals surface area (Å²) < 4.78 is 6.60. The van der Waals surface area contributed by atoms with Gasteiger partial charge in [0.25, 0.3) is 0 Å². The molecule has 1 aromatic heterocycles. The lowest BCUT2D eigenvalue weighted by Crippen LogP contribution is -2.24. The van der Waals surface area contributed by atoms with Crippen molar-refractivity contribution < 1.29 is 14.6 Å². The number of aryl methyl sites for hydroxylation is 1. The second-order valence-corrected chi connectivity index (χ2v) is 3.55. The van der Waals surface area contributed by atoms with Gasteiger partial charge in [-0.2, -0.15) is 5.10 Å². The van der Waals surface area contributed by atoms with Crippen LogP contribution < -0.4 is 4.74 Å². The van der Waals surface area contributed by atoms with E-state index in [1.54, 1.807) is 4.68 Å². The van der Waals surface area contributed by atoms with E-state index in [4.69, 9.17) is 4.74 Å². The summed E-state index contributed by atoms with van der Waals surface area (Å²) in [5.41, 5.74) is 0.353. The van der Waals surface area contributed by atoms with Gasteiger partial charge < -0.3 is 9.84 Å². The maximum Gasteiger partial charge on any atom is 0.213 e. The first-order valence-electron chi connectivity index (χ1n) is 5.47. The van der Waals surface area contributed by atoms with Gasteiger partial charge in [0.05, 0.1) is 13.3 Å². The molecule has 1 aromatic rings. The van der Waals surface area contributed by atoms with Crippen LogP contribution in [-0.2, 0) is 6.54 Å². The lowest BCUT2D eigenvalue weighted by Gasteiger charge is -2.10. The monoisotopic (exact) mass is 226 g/mol. The quantitative estimate of drug-likeness (QED) is 0.741. The molecule has 5 heteroatoms. The van der Waals surface area contributed by atoms with E-state index >= 15 is 0 Å². The van der Waals surface area contributed by atoms with Crippen LogP contribution in [0.25, 0.3) is 0 Å². The average Bonchev–Trinajstić information content (AvgIpc) is 2.70. The first-order valence-corrected chi connectivity index (χ1v) is 5.47. The van der Waals surface area contributed by atoms with E-state index in [2.05, 4.69) is 5.10 Å². The Kier molecular flexibility index (Phi) is 4.49. The van der Waals surface area contributed by atoms with Crippen molar-refractivity contribution >= 4 is 5.78 Å². The summed E-state index contributed by atoms with van der Waals surface area (Å²) in [6, 6.07) is 0. The SMILES string of the molecule is CCCC(O)C(=O)c1c(OC)cnn1CC. The summed E-state index contributed by atoms with van der Waals surface area (Å²) in [5.74, 6) is 0.0973. The number of aliphatic hydroxyl groups excluding tert-OH is 1. The minimum Gasteiger partial charge on any atom is -0.493 e. The van der Waals surface area contributed by atoms with Gasteiger partial charge in [0.15, 0.2) is 5.75 Å². The molecule has 0 bridgehead atoms. The lowest BCUT2D eigenvalue weighted by molar-refractivity contribution is 0.0714. The second kappa shape index (κ2) is 5.65. The number of carbonyl (C=O) groups excluding carboxylic acids is 1. The van der Waals surface area contributed by atoms with E-state index in [0.29, 0.717) is 24.4 Å². The fraction of sp³-hybridized carbons (Fsp3) is 0.636. The predicted molar refractivity (Wildman–Crippen MR) is 59.7 cm³/mol. The van der Waals surface area contributed by atoms with Crippen molar-refractivity contribution in [3.05, 3.63) is 11.9 Å². The molecule has 0 saturated heterocycles. The van der Waals surface area contributed by atoms with Crippen LogP contribution in [-0.4, -0.2) is 33.9 Å². The minimum atomic E-state index is -0.971. The molecule has 0 saturated carbocycles. The Labute approximate surface area is 95.0 Å². The average molecular weight is 226 g/mol. The second-order valence-electron chi connectivity index (χ2n) is 3.55. The number of aromatic nitrogens is 2. The zero-order valence-electron chi connectivity index (χ0n) is 9.93. The standard InChI is InChI=1S/C11H18N2O3/c1-4-6-8(14)11(15)10-9(16-3)7-12-13(10)5-2/h7-8,14H,4-6H2,1-3H3. The van der Waals surface area contributed by atoms with Gasteiger partial charge in [-0.1, -0.05) is 13.3 Å². The minimum absolute atomic E-state index is 0.321. The predicted octanol–water partition coefficient (Wildman–Crippen LogP) is 1.26. The molecule has 5 nitrogen and oxygen atoms in total. The Bertz CT molecular complexity index is 339. The number of aliphatic hydroxyl groups is 1. The Hall–Kier alpha value is -1.36. The Morgan fingerprint density at radius 3 is 2.81 bits per heavy atom. The Morgan fingerprint density at radius 1 is 1.62 bits per heavy atom. The first-order chi connectivity index (χ1) is 7.65. The molecule has 1 atom stereocenters. The van der Waals surface area contributed by atoms with Crippen LogP contribution in [0.3, 0.4) is 0 Å². The van der Waals surface area contributed by atoms with Crippen molar-refractivity contribution in [2.75, 3.05) is 7.11 Å². The van der Waals surface area contributed by atoms with Gasteiger partial charge in [0, 0.05) is 6.54 Å². The Balaban J connectivity index is 3.00. The number of ketones is 1. The van der Waals surface area contributed by atoms with Crippen LogP contribution >= 0.6 is 0 Å². The molecule has 16 heavy (non-hydrogen) atoms. The zero-order chi connectivity index (χ0) is 12.1. The van der Waals surface area contributed by atoms with Crippen molar-refractivity contribution in [1.82, 2.24) is 9.78 Å². The number of rotatable bonds is 6. The van der Waals surface area contributed by atoms with Gasteiger partial charge in [-0.15, -0.1) is 0 Å². The zero-order valence-corrected chi connectivity index (χ0v) is 9.93. The summed E-state index contributed by atoms with van der Waals surface area (Å²) >= 11 is 0. The van der Waals surface area contributed by atoms with Gasteiger partial charge >= 0.3 is 0 Å². The van der Waals surface area contributed by atoms with Crippen LogP contribution in [0.4, 0.5) is 0 Å². The third-order valence-corrected chi connectivity index (χ3v) is 2.42. The van der Waals surface area contributed by atoms with Crippen molar-refractivity contribution in [2.45, 2.75) is 39.3 Å². The van der Waals surface area contributed by atoms with E-state index < -0.39 is 6.10 Å². The highest BCUT2D eigenvalue weighted by Crippen LogP contribution is 2.20. The molecule has 0 spiro atoms. The molecular formula is C11H18N2O3. The van der Waals surface area contributed by atoms with Crippen LogP contribution in [0, 0.1) is 0 Å². The number of nitrogens with zero attached hydrogens (tertiary/aromatic N) is 2. The summed E-state index contributed by atoms with van der Waals surface area (Å²) in [4.78, 5) is 12.0. The van der Waals surface area contributed by atoms with Gasteiger partial charge in [0.2, 0.25) is 5.78 Å². The highest BCUT2D eigenvalue weighted by atomic mass is 16.5. The van der Waals surface area contributed by atoms with Crippen molar-refractivity contribution in [2.24, 2.45) is 0 Å². The number of ether oxygens (including phenoxy) is 1. The van der Waals surface area contributed by atoms with Crippen molar-refractivity contribution in [3.63, 3.8) is 0 Å². The van der Waals surface area contributed by atoms with Gasteiger partial charge in [-0.05, 0) is 13.3 Å². The molecule has 1 rings (SSSR count). The number of methoxy groups -OCH3 is 1. The van der Waals surface area contributed by atoms with E-state index in [-0.39, 0.29) is 5.78 Å². The van der Waals surface area contributed by atoms with Gasteiger partial charge in [0.1, 0.15) is 11.8 Å². The molecule has 1 N–H and O–H groups in total. The van der Waals surface area contributed by atoms with Crippen LogP contribution in [0.5, 0.6) is 5.75 Å². The summed E-state index contributed by atoms with van der Waals surface area (Å²) in [6.45, 7) is 4.38. The molecular weight excluding hydrogens is 208 g/mol. The molecule has 0 radical (unpaired) electrons. The summed E-state index contributed by atoms with van der Waals surface area (Å²) in [6.07, 6.45) is 1.74. The van der Waals surface area contributed by atoms with E-state index in [1.807, 2.05) is 13.8 Å². The van der Waals surface area contributed by atoms with E-state index in [0.717, 1.165) is 6.42 Å². The Morgan fingerprint density at radius 2 is 2.31 bits per heavy atom. The number of hydrogen-bond acceptors (Lipinski definition) is 4. The maximum absolute atomic E-state index is 12.0. The van der Waals surface area contributed by atoms with Crippen LogP contribution in [0.2, 0.25) is 0 Å². The molecule has 0 aromatic carbocycles. The van der Waals surface area contributed by atoms with Crippen molar-refractivity contribution in [3.8, 4) is 5.75 Å². The molecule has 1 heterocycles. The van der Waals surface area contributed by atoms with Crippen molar-refractivity contribution in [1.29, 1.82) is 0 Å². The smallest absolute Gasteiger partial charge is 0.213 e. The lowest BCUT2D eigenvalue weighted by atomic mass is 10.1. The maximum atomic E-state index is 12.0. The first kappa shape index (κ1) is 12.7. The highest BCUT2D eigenvalue weighted by Gasteiger charge is 2.24. The fourth-order valence-electron chi connectivity index (χ4n) is 1.57. The molecule has 0 aliphatic rings. The molecule has 90 valence electrons. The molecule has 0 aliphatic heterocycles. The van der Waals surface area contributed by atoms with Gasteiger partial charge in [-0.3, -0.25) is 9.48 Å². The number of carbonyl (C=O) groups is 1. The highest BCUT2D eigenvalue weighted by molar-refractivity contribution is 6.00. The number of hydrogen-bond donors (Lipinski definition) is 1. The normalized spacial score (nSPS) is 12.5. The topological polar surface area (TPSA) is 64.3 Å². The summed E-state index contributed by atoms with van der Waals surface area (Å²) in [7, 11) is 1.49. The van der Waals surface area contributed by atoms with E-state index in [9.17, 15) is 9.90 Å².